The summed E-state index contributed by atoms with van der Waals surface area (Å²) in [5.74, 6) is -0.841. The number of nitrogens with zero attached hydrogens (tertiary/aromatic N) is 1. The van der Waals surface area contributed by atoms with Crippen molar-refractivity contribution < 1.29 is 14.0 Å². The van der Waals surface area contributed by atoms with Gasteiger partial charge in [0.05, 0.1) is 6.42 Å². The van der Waals surface area contributed by atoms with Crippen molar-refractivity contribution in [1.29, 1.82) is 0 Å². The summed E-state index contributed by atoms with van der Waals surface area (Å²) in [4.78, 5) is 26.8. The van der Waals surface area contributed by atoms with Gasteiger partial charge in [0, 0.05) is 18.7 Å². The maximum absolute atomic E-state index is 14.1. The van der Waals surface area contributed by atoms with Crippen LogP contribution >= 0.6 is 0 Å². The molecule has 0 heterocycles. The highest BCUT2D eigenvalue weighted by Crippen LogP contribution is 2.16. The van der Waals surface area contributed by atoms with Gasteiger partial charge in [0.1, 0.15) is 11.9 Å². The monoisotopic (exact) mass is 370 g/mol. The molecule has 2 aromatic rings. The minimum absolute atomic E-state index is 0.0502. The Morgan fingerprint density at radius 3 is 2.44 bits per heavy atom. The molecule has 4 nitrogen and oxygen atoms in total. The molecule has 0 spiro atoms. The number of nitrogens with one attached hydrogen (secondary N) is 1. The molecular formula is C22H27FN2O2. The van der Waals surface area contributed by atoms with Gasteiger partial charge in [0.15, 0.2) is 0 Å². The first-order chi connectivity index (χ1) is 12.8. The summed E-state index contributed by atoms with van der Waals surface area (Å²) in [5.41, 5.74) is 3.54. The third-order valence-electron chi connectivity index (χ3n) is 4.74. The van der Waals surface area contributed by atoms with Gasteiger partial charge in [-0.25, -0.2) is 4.39 Å². The van der Waals surface area contributed by atoms with E-state index in [0.29, 0.717) is 12.1 Å². The summed E-state index contributed by atoms with van der Waals surface area (Å²) in [5, 5.41) is 2.73. The Morgan fingerprint density at radius 1 is 1.11 bits per heavy atom. The summed E-state index contributed by atoms with van der Waals surface area (Å²) >= 11 is 0. The molecule has 27 heavy (non-hydrogen) atoms. The van der Waals surface area contributed by atoms with Crippen LogP contribution in [0.1, 0.15) is 36.1 Å². The van der Waals surface area contributed by atoms with Gasteiger partial charge in [-0.1, -0.05) is 36.4 Å². The number of halogens is 1. The Bertz CT molecular complexity index is 820. The molecule has 0 radical (unpaired) electrons. The third-order valence-corrected chi connectivity index (χ3v) is 4.74. The lowest BCUT2D eigenvalue weighted by Crippen LogP contribution is -2.48. The van der Waals surface area contributed by atoms with Crippen molar-refractivity contribution in [3.8, 4) is 0 Å². The van der Waals surface area contributed by atoms with Crippen LogP contribution in [0.4, 0.5) is 4.39 Å². The number of amides is 2. The van der Waals surface area contributed by atoms with E-state index in [4.69, 9.17) is 0 Å². The lowest BCUT2D eigenvalue weighted by atomic mass is 10.0. The van der Waals surface area contributed by atoms with E-state index in [0.717, 1.165) is 16.7 Å². The number of hydrogen-bond acceptors (Lipinski definition) is 2. The minimum atomic E-state index is -0.691. The van der Waals surface area contributed by atoms with Crippen LogP contribution in [0, 0.1) is 19.7 Å². The Kier molecular flexibility index (Phi) is 7.11. The van der Waals surface area contributed by atoms with Gasteiger partial charge in [0.2, 0.25) is 11.8 Å². The van der Waals surface area contributed by atoms with Gasteiger partial charge in [0.25, 0.3) is 0 Å². The molecule has 2 rings (SSSR count). The normalized spacial score (nSPS) is 11.7. The largest absolute Gasteiger partial charge is 0.355 e. The van der Waals surface area contributed by atoms with E-state index in [1.54, 1.807) is 25.1 Å². The van der Waals surface area contributed by atoms with E-state index in [1.165, 1.54) is 11.0 Å². The van der Waals surface area contributed by atoms with Crippen molar-refractivity contribution >= 4 is 11.8 Å². The third kappa shape index (κ3) is 5.39. The molecular weight excluding hydrogens is 343 g/mol. The average Bonchev–Trinajstić information content (AvgIpc) is 2.63. The van der Waals surface area contributed by atoms with Crippen molar-refractivity contribution in [2.24, 2.45) is 0 Å². The molecule has 0 fully saturated rings. The van der Waals surface area contributed by atoms with Gasteiger partial charge in [-0.2, -0.15) is 0 Å². The Labute approximate surface area is 160 Å². The molecule has 0 bridgehead atoms. The Balaban J connectivity index is 2.26. The lowest BCUT2D eigenvalue weighted by Gasteiger charge is -2.29. The van der Waals surface area contributed by atoms with E-state index in [9.17, 15) is 14.0 Å². The molecule has 0 aliphatic carbocycles. The van der Waals surface area contributed by atoms with E-state index in [-0.39, 0.29) is 30.6 Å². The zero-order chi connectivity index (χ0) is 20.0. The molecule has 1 N–H and O–H groups in total. The van der Waals surface area contributed by atoms with Crippen molar-refractivity contribution in [3.63, 3.8) is 0 Å². The fourth-order valence-corrected chi connectivity index (χ4v) is 2.90. The molecule has 0 aromatic heterocycles. The zero-order valence-corrected chi connectivity index (χ0v) is 16.4. The highest BCUT2D eigenvalue weighted by Gasteiger charge is 2.26. The molecule has 2 amide bonds. The van der Waals surface area contributed by atoms with Crippen molar-refractivity contribution in [2.45, 2.75) is 46.7 Å². The predicted octanol–water partition coefficient (Wildman–Crippen LogP) is 3.54. The van der Waals surface area contributed by atoms with E-state index in [1.807, 2.05) is 39.0 Å². The summed E-state index contributed by atoms with van der Waals surface area (Å²) in [6, 6.07) is 11.5. The fourth-order valence-electron chi connectivity index (χ4n) is 2.90. The zero-order valence-electron chi connectivity index (χ0n) is 16.4. The van der Waals surface area contributed by atoms with Crippen LogP contribution in [0.15, 0.2) is 42.5 Å². The molecule has 1 unspecified atom stereocenters. The second kappa shape index (κ2) is 9.31. The smallest absolute Gasteiger partial charge is 0.242 e. The number of rotatable bonds is 7. The lowest BCUT2D eigenvalue weighted by molar-refractivity contribution is -0.140. The van der Waals surface area contributed by atoms with Gasteiger partial charge in [-0.05, 0) is 50.5 Å². The van der Waals surface area contributed by atoms with Crippen LogP contribution in [0.3, 0.4) is 0 Å². The van der Waals surface area contributed by atoms with Crippen LogP contribution in [0.25, 0.3) is 0 Å². The molecule has 144 valence electrons. The van der Waals surface area contributed by atoms with Crippen LogP contribution in [-0.2, 0) is 22.6 Å². The van der Waals surface area contributed by atoms with Crippen LogP contribution < -0.4 is 5.32 Å². The Morgan fingerprint density at radius 2 is 1.81 bits per heavy atom. The fraction of sp³-hybridized carbons (Fsp3) is 0.364. The van der Waals surface area contributed by atoms with Crippen LogP contribution in [0.2, 0.25) is 0 Å². The molecule has 1 atom stereocenters. The van der Waals surface area contributed by atoms with Crippen molar-refractivity contribution in [3.05, 3.63) is 70.5 Å². The number of benzene rings is 2. The second-order valence-corrected chi connectivity index (χ2v) is 6.78. The van der Waals surface area contributed by atoms with Gasteiger partial charge < -0.3 is 10.2 Å². The number of hydrogen-bond donors (Lipinski definition) is 1. The van der Waals surface area contributed by atoms with Gasteiger partial charge in [-0.15, -0.1) is 0 Å². The standard InChI is InChI=1S/C22H27FN2O2/c1-5-24-22(27)17(4)25(14-19-8-6-7-9-20(19)23)21(26)13-18-11-10-15(2)16(3)12-18/h6-12,17H,5,13-14H2,1-4H3,(H,24,27). The number of carbonyl (C=O) groups excluding carboxylic acids is 2. The first kappa shape index (κ1) is 20.6. The summed E-state index contributed by atoms with van der Waals surface area (Å²) in [7, 11) is 0. The quantitative estimate of drug-likeness (QED) is 0.810. The number of likely N-dealkylation sites (N-methyl/N-ethyl adjacent to an activating group) is 1. The maximum Gasteiger partial charge on any atom is 0.242 e. The van der Waals surface area contributed by atoms with Crippen molar-refractivity contribution in [1.82, 2.24) is 10.2 Å². The SMILES string of the molecule is CCNC(=O)C(C)N(Cc1ccccc1F)C(=O)Cc1ccc(C)c(C)c1. The van der Waals surface area contributed by atoms with Crippen LogP contribution in [0.5, 0.6) is 0 Å². The first-order valence-corrected chi connectivity index (χ1v) is 9.20. The van der Waals surface area contributed by atoms with E-state index in [2.05, 4.69) is 5.32 Å². The summed E-state index contributed by atoms with van der Waals surface area (Å²) in [6.07, 6.45) is 0.166. The van der Waals surface area contributed by atoms with Gasteiger partial charge in [-0.3, -0.25) is 9.59 Å². The van der Waals surface area contributed by atoms with Crippen LogP contribution in [-0.4, -0.2) is 29.3 Å². The van der Waals surface area contributed by atoms with E-state index < -0.39 is 6.04 Å². The first-order valence-electron chi connectivity index (χ1n) is 9.20. The average molecular weight is 370 g/mol. The predicted molar refractivity (Wildman–Crippen MR) is 105 cm³/mol. The maximum atomic E-state index is 14.1. The number of carbonyl (C=O) groups is 2. The molecule has 0 aliphatic rings. The highest BCUT2D eigenvalue weighted by molar-refractivity contribution is 5.88. The topological polar surface area (TPSA) is 49.4 Å². The molecule has 5 heteroatoms. The molecule has 0 aliphatic heterocycles. The Hall–Kier alpha value is -2.69. The van der Waals surface area contributed by atoms with Gasteiger partial charge >= 0.3 is 0 Å². The van der Waals surface area contributed by atoms with Crippen molar-refractivity contribution in [2.75, 3.05) is 6.54 Å². The molecule has 0 saturated heterocycles. The summed E-state index contributed by atoms with van der Waals surface area (Å²) in [6.45, 7) is 8.03. The summed E-state index contributed by atoms with van der Waals surface area (Å²) < 4.78 is 14.1. The number of aryl methyl sites for hydroxylation is 2. The van der Waals surface area contributed by atoms with E-state index >= 15 is 0 Å². The molecule has 0 saturated carbocycles. The second-order valence-electron chi connectivity index (χ2n) is 6.78. The minimum Gasteiger partial charge on any atom is -0.355 e. The highest BCUT2D eigenvalue weighted by atomic mass is 19.1. The molecule has 2 aromatic carbocycles.